The number of hydrogen-bond acceptors (Lipinski definition) is 5. The fourth-order valence-electron chi connectivity index (χ4n) is 2.93. The lowest BCUT2D eigenvalue weighted by atomic mass is 9.87. The summed E-state index contributed by atoms with van der Waals surface area (Å²) in [6, 6.07) is 14.6. The Morgan fingerprint density at radius 1 is 1.14 bits per heavy atom. The molecule has 2 aromatic carbocycles. The molecule has 2 aromatic rings. The zero-order valence-electron chi connectivity index (χ0n) is 16.4. The van der Waals surface area contributed by atoms with Crippen molar-refractivity contribution < 1.29 is 18.0 Å². The van der Waals surface area contributed by atoms with Crippen LogP contribution in [0.1, 0.15) is 43.9 Å². The van der Waals surface area contributed by atoms with Crippen LogP contribution in [0, 0.1) is 6.92 Å². The molecule has 1 atom stereocenters. The predicted octanol–water partition coefficient (Wildman–Crippen LogP) is 3.29. The molecule has 148 valence electrons. The predicted molar refractivity (Wildman–Crippen MR) is 108 cm³/mol. The molecule has 0 saturated heterocycles. The number of hydrogen-bond donors (Lipinski definition) is 1. The van der Waals surface area contributed by atoms with E-state index in [0.717, 1.165) is 11.1 Å². The van der Waals surface area contributed by atoms with Gasteiger partial charge in [-0.2, -0.15) is 0 Å². The topological polar surface area (TPSA) is 84.8 Å². The van der Waals surface area contributed by atoms with E-state index in [2.05, 4.69) is 9.88 Å². The maximum Gasteiger partial charge on any atom is 0.278 e. The Morgan fingerprint density at radius 2 is 1.82 bits per heavy atom. The van der Waals surface area contributed by atoms with Crippen LogP contribution in [0.5, 0.6) is 0 Å². The molecule has 0 fully saturated rings. The minimum Gasteiger partial charge on any atom is -0.382 e. The molecular formula is C21H24N2O4S. The Labute approximate surface area is 165 Å². The minimum atomic E-state index is -4.02. The summed E-state index contributed by atoms with van der Waals surface area (Å²) in [5.41, 5.74) is 2.69. The first kappa shape index (κ1) is 20.1. The number of rotatable bonds is 4. The summed E-state index contributed by atoms with van der Waals surface area (Å²) in [5, 5.41) is 3.94. The summed E-state index contributed by atoms with van der Waals surface area (Å²) in [4.78, 5) is 17.8. The molecule has 1 N–H and O–H groups in total. The van der Waals surface area contributed by atoms with Crippen LogP contribution in [0.3, 0.4) is 0 Å². The van der Waals surface area contributed by atoms with Gasteiger partial charge in [-0.15, -0.1) is 0 Å². The number of carbonyl (C=O) groups excluding carboxylic acids is 1. The van der Waals surface area contributed by atoms with E-state index in [0.29, 0.717) is 11.3 Å². The van der Waals surface area contributed by atoms with Gasteiger partial charge in [-0.25, -0.2) is 13.1 Å². The average molecular weight is 401 g/mol. The van der Waals surface area contributed by atoms with Crippen molar-refractivity contribution in [2.24, 2.45) is 5.16 Å². The van der Waals surface area contributed by atoms with E-state index in [1.807, 2.05) is 57.2 Å². The van der Waals surface area contributed by atoms with Crippen LogP contribution in [0.4, 0.5) is 0 Å². The van der Waals surface area contributed by atoms with E-state index in [4.69, 9.17) is 4.84 Å². The lowest BCUT2D eigenvalue weighted by Gasteiger charge is -2.21. The summed E-state index contributed by atoms with van der Waals surface area (Å²) in [7, 11) is -4.02. The third-order valence-corrected chi connectivity index (χ3v) is 6.14. The van der Waals surface area contributed by atoms with E-state index in [1.165, 1.54) is 0 Å². The average Bonchev–Trinajstić information content (AvgIpc) is 3.11. The molecule has 1 unspecified atom stereocenters. The van der Waals surface area contributed by atoms with Crippen LogP contribution >= 0.6 is 0 Å². The molecule has 1 heterocycles. The van der Waals surface area contributed by atoms with Gasteiger partial charge in [0.05, 0.1) is 10.6 Å². The number of benzene rings is 2. The van der Waals surface area contributed by atoms with Crippen molar-refractivity contribution in [3.05, 3.63) is 65.2 Å². The van der Waals surface area contributed by atoms with Crippen molar-refractivity contribution in [2.45, 2.75) is 50.5 Å². The number of sulfonamides is 1. The molecule has 28 heavy (non-hydrogen) atoms. The highest BCUT2D eigenvalue weighted by atomic mass is 32.2. The van der Waals surface area contributed by atoms with Gasteiger partial charge in [-0.05, 0) is 35.1 Å². The van der Waals surface area contributed by atoms with E-state index < -0.39 is 22.0 Å². The summed E-state index contributed by atoms with van der Waals surface area (Å²) >= 11 is 0. The number of nitrogens with one attached hydrogen (secondary N) is 1. The van der Waals surface area contributed by atoms with Gasteiger partial charge in [0.25, 0.3) is 15.9 Å². The van der Waals surface area contributed by atoms with Crippen molar-refractivity contribution in [1.82, 2.24) is 4.72 Å². The first-order valence-corrected chi connectivity index (χ1v) is 10.5. The number of nitrogens with zero attached hydrogens (tertiary/aromatic N) is 1. The summed E-state index contributed by atoms with van der Waals surface area (Å²) < 4.78 is 27.8. The van der Waals surface area contributed by atoms with Gasteiger partial charge in [0, 0.05) is 6.42 Å². The SMILES string of the molecule is Cc1ccc(C(C)(C)C)cc1S(=O)(=O)NC(=O)C1CC(c2ccccc2)=NO1. The Morgan fingerprint density at radius 3 is 2.46 bits per heavy atom. The fourth-order valence-corrected chi connectivity index (χ4v) is 4.21. The van der Waals surface area contributed by atoms with E-state index in [1.54, 1.807) is 19.1 Å². The molecule has 0 bridgehead atoms. The summed E-state index contributed by atoms with van der Waals surface area (Å²) in [6.45, 7) is 7.71. The van der Waals surface area contributed by atoms with Gasteiger partial charge >= 0.3 is 0 Å². The molecular weight excluding hydrogens is 376 g/mol. The van der Waals surface area contributed by atoms with E-state index in [9.17, 15) is 13.2 Å². The van der Waals surface area contributed by atoms with E-state index >= 15 is 0 Å². The zero-order chi connectivity index (χ0) is 20.5. The van der Waals surface area contributed by atoms with Crippen LogP contribution < -0.4 is 4.72 Å². The third-order valence-electron chi connectivity index (χ3n) is 4.65. The number of carbonyl (C=O) groups is 1. The van der Waals surface area contributed by atoms with Crippen LogP contribution in [-0.2, 0) is 25.1 Å². The Balaban J connectivity index is 1.76. The molecule has 6 nitrogen and oxygen atoms in total. The van der Waals surface area contributed by atoms with Gasteiger partial charge < -0.3 is 4.84 Å². The lowest BCUT2D eigenvalue weighted by molar-refractivity contribution is -0.129. The number of aryl methyl sites for hydroxylation is 1. The molecule has 0 saturated carbocycles. The number of oxime groups is 1. The highest BCUT2D eigenvalue weighted by Gasteiger charge is 2.32. The Hall–Kier alpha value is -2.67. The van der Waals surface area contributed by atoms with Crippen molar-refractivity contribution >= 4 is 21.6 Å². The van der Waals surface area contributed by atoms with Gasteiger partial charge in [0.1, 0.15) is 0 Å². The third kappa shape index (κ3) is 4.25. The van der Waals surface area contributed by atoms with Crippen molar-refractivity contribution in [3.63, 3.8) is 0 Å². The molecule has 3 rings (SSSR count). The molecule has 1 aliphatic rings. The van der Waals surface area contributed by atoms with Gasteiger partial charge in [-0.3, -0.25) is 4.79 Å². The second-order valence-corrected chi connectivity index (χ2v) is 9.55. The maximum atomic E-state index is 12.8. The molecule has 0 spiro atoms. The quantitative estimate of drug-likeness (QED) is 0.853. The second kappa shape index (κ2) is 7.39. The highest BCUT2D eigenvalue weighted by Crippen LogP contribution is 2.27. The normalized spacial score (nSPS) is 17.0. The van der Waals surface area contributed by atoms with Crippen molar-refractivity contribution in [3.8, 4) is 0 Å². The standard InChI is InChI=1S/C21H24N2O4S/c1-14-10-11-16(21(2,3)4)12-19(14)28(25,26)23-20(24)18-13-17(22-27-18)15-8-6-5-7-9-15/h5-12,18H,13H2,1-4H3,(H,23,24). The monoisotopic (exact) mass is 400 g/mol. The largest absolute Gasteiger partial charge is 0.382 e. The molecule has 1 aliphatic heterocycles. The molecule has 0 radical (unpaired) electrons. The smallest absolute Gasteiger partial charge is 0.278 e. The molecule has 0 aliphatic carbocycles. The van der Waals surface area contributed by atoms with Crippen LogP contribution in [0.15, 0.2) is 58.6 Å². The summed E-state index contributed by atoms with van der Waals surface area (Å²) in [5.74, 6) is -0.727. The Bertz CT molecular complexity index is 1020. The Kier molecular flexibility index (Phi) is 5.30. The number of amides is 1. The molecule has 7 heteroatoms. The minimum absolute atomic E-state index is 0.0930. The van der Waals surface area contributed by atoms with Crippen LogP contribution in [0.2, 0.25) is 0 Å². The lowest BCUT2D eigenvalue weighted by Crippen LogP contribution is -2.39. The fraction of sp³-hybridized carbons (Fsp3) is 0.333. The van der Waals surface area contributed by atoms with Gasteiger partial charge in [0.15, 0.2) is 0 Å². The maximum absolute atomic E-state index is 12.8. The molecule has 1 amide bonds. The van der Waals surface area contributed by atoms with Crippen LogP contribution in [-0.4, -0.2) is 26.1 Å². The van der Waals surface area contributed by atoms with E-state index in [-0.39, 0.29) is 16.7 Å². The second-order valence-electron chi connectivity index (χ2n) is 7.90. The van der Waals surface area contributed by atoms with Gasteiger partial charge in [0.2, 0.25) is 6.10 Å². The highest BCUT2D eigenvalue weighted by molar-refractivity contribution is 7.90. The summed E-state index contributed by atoms with van der Waals surface area (Å²) in [6.07, 6.45) is -0.761. The zero-order valence-corrected chi connectivity index (χ0v) is 17.2. The molecule has 0 aromatic heterocycles. The van der Waals surface area contributed by atoms with Crippen molar-refractivity contribution in [2.75, 3.05) is 0 Å². The van der Waals surface area contributed by atoms with Crippen molar-refractivity contribution in [1.29, 1.82) is 0 Å². The first-order valence-electron chi connectivity index (χ1n) is 9.04. The van der Waals surface area contributed by atoms with Crippen LogP contribution in [0.25, 0.3) is 0 Å². The first-order chi connectivity index (χ1) is 13.1. The van der Waals surface area contributed by atoms with Gasteiger partial charge in [-0.1, -0.05) is 68.4 Å².